The zero-order valence-electron chi connectivity index (χ0n) is 12.2. The lowest BCUT2D eigenvalue weighted by Crippen LogP contribution is -2.23. The molecule has 21 heavy (non-hydrogen) atoms. The Hall–Kier alpha value is -1.58. The zero-order chi connectivity index (χ0) is 15.2. The minimum Gasteiger partial charge on any atom is -0.399 e. The molecule has 0 spiro atoms. The molecule has 0 fully saturated rings. The first kappa shape index (κ1) is 15.8. The Balaban J connectivity index is 2.07. The molecule has 0 aromatic heterocycles. The molecule has 0 aliphatic heterocycles. The topological polar surface area (TPSA) is 29.3 Å². The van der Waals surface area contributed by atoms with E-state index < -0.39 is 0 Å². The standard InChI is InChI=1S/C17H20ClFN2/c1-2-9-21(11-13-3-6-15(20)7-4-13)12-14-5-8-16(18)17(19)10-14/h3-8,10H,2,9,11-12,20H2,1H3. The normalized spacial score (nSPS) is 11.0. The van der Waals surface area contributed by atoms with E-state index in [0.29, 0.717) is 6.54 Å². The fraction of sp³-hybridized carbons (Fsp3) is 0.294. The van der Waals surface area contributed by atoms with Gasteiger partial charge in [0, 0.05) is 18.8 Å². The van der Waals surface area contributed by atoms with Crippen molar-refractivity contribution in [3.8, 4) is 0 Å². The second-order valence-corrected chi connectivity index (χ2v) is 5.61. The first-order valence-corrected chi connectivity index (χ1v) is 7.47. The van der Waals surface area contributed by atoms with Crippen LogP contribution in [0.25, 0.3) is 0 Å². The van der Waals surface area contributed by atoms with Crippen molar-refractivity contribution in [2.45, 2.75) is 26.4 Å². The number of anilines is 1. The molecule has 0 atom stereocenters. The second kappa shape index (κ2) is 7.43. The predicted octanol–water partition coefficient (Wildman–Crippen LogP) is 4.47. The fourth-order valence-electron chi connectivity index (χ4n) is 2.31. The summed E-state index contributed by atoms with van der Waals surface area (Å²) in [7, 11) is 0. The number of nitrogens with zero attached hydrogens (tertiary/aromatic N) is 1. The highest BCUT2D eigenvalue weighted by Gasteiger charge is 2.08. The summed E-state index contributed by atoms with van der Waals surface area (Å²) >= 11 is 5.72. The summed E-state index contributed by atoms with van der Waals surface area (Å²) < 4.78 is 13.5. The highest BCUT2D eigenvalue weighted by molar-refractivity contribution is 6.30. The monoisotopic (exact) mass is 306 g/mol. The van der Waals surface area contributed by atoms with E-state index in [-0.39, 0.29) is 10.8 Å². The first-order valence-electron chi connectivity index (χ1n) is 7.09. The number of nitrogens with two attached hydrogens (primary N) is 1. The van der Waals surface area contributed by atoms with Crippen molar-refractivity contribution in [1.29, 1.82) is 0 Å². The van der Waals surface area contributed by atoms with E-state index in [2.05, 4.69) is 11.8 Å². The summed E-state index contributed by atoms with van der Waals surface area (Å²) in [5.41, 5.74) is 8.60. The van der Waals surface area contributed by atoms with Gasteiger partial charge in [0.05, 0.1) is 5.02 Å². The van der Waals surface area contributed by atoms with Gasteiger partial charge in [-0.1, -0.05) is 36.7 Å². The lowest BCUT2D eigenvalue weighted by Gasteiger charge is -2.22. The molecule has 4 heteroatoms. The molecule has 0 radical (unpaired) electrons. The maximum Gasteiger partial charge on any atom is 0.142 e. The molecule has 2 nitrogen and oxygen atoms in total. The molecule has 2 N–H and O–H groups in total. The summed E-state index contributed by atoms with van der Waals surface area (Å²) in [6.45, 7) is 4.61. The van der Waals surface area contributed by atoms with E-state index in [1.54, 1.807) is 6.07 Å². The molecule has 0 aliphatic carbocycles. The average Bonchev–Trinajstić information content (AvgIpc) is 2.46. The summed E-state index contributed by atoms with van der Waals surface area (Å²) in [6, 6.07) is 12.9. The van der Waals surface area contributed by atoms with Gasteiger partial charge in [-0.15, -0.1) is 0 Å². The van der Waals surface area contributed by atoms with Crippen molar-refractivity contribution in [3.63, 3.8) is 0 Å². The van der Waals surface area contributed by atoms with Gasteiger partial charge in [0.15, 0.2) is 0 Å². The van der Waals surface area contributed by atoms with Gasteiger partial charge < -0.3 is 5.73 Å². The van der Waals surface area contributed by atoms with Crippen molar-refractivity contribution in [1.82, 2.24) is 4.90 Å². The minimum absolute atomic E-state index is 0.166. The van der Waals surface area contributed by atoms with E-state index in [1.165, 1.54) is 11.6 Å². The number of benzene rings is 2. The smallest absolute Gasteiger partial charge is 0.142 e. The summed E-state index contributed by atoms with van der Waals surface area (Å²) in [5, 5.41) is 0.166. The van der Waals surface area contributed by atoms with Crippen molar-refractivity contribution < 1.29 is 4.39 Å². The quantitative estimate of drug-likeness (QED) is 0.798. The third kappa shape index (κ3) is 4.73. The Labute approximate surface area is 130 Å². The fourth-order valence-corrected chi connectivity index (χ4v) is 2.43. The molecule has 0 unspecified atom stereocenters. The van der Waals surface area contributed by atoms with Crippen molar-refractivity contribution >= 4 is 17.3 Å². The molecule has 0 aliphatic rings. The van der Waals surface area contributed by atoms with E-state index in [9.17, 15) is 4.39 Å². The maximum atomic E-state index is 13.5. The first-order chi connectivity index (χ1) is 10.1. The van der Waals surface area contributed by atoms with Gasteiger partial charge >= 0.3 is 0 Å². The highest BCUT2D eigenvalue weighted by atomic mass is 35.5. The largest absolute Gasteiger partial charge is 0.399 e. The summed E-state index contributed by atoms with van der Waals surface area (Å²) in [5.74, 6) is -0.363. The number of hydrogen-bond donors (Lipinski definition) is 1. The van der Waals surface area contributed by atoms with Gasteiger partial charge in [0.25, 0.3) is 0 Å². The third-order valence-corrected chi connectivity index (χ3v) is 3.62. The van der Waals surface area contributed by atoms with Crippen LogP contribution < -0.4 is 5.73 Å². The number of rotatable bonds is 6. The van der Waals surface area contributed by atoms with Crippen LogP contribution in [0.4, 0.5) is 10.1 Å². The molecule has 0 heterocycles. The molecular weight excluding hydrogens is 287 g/mol. The minimum atomic E-state index is -0.363. The van der Waals surface area contributed by atoms with Crippen LogP contribution in [-0.2, 0) is 13.1 Å². The van der Waals surface area contributed by atoms with Crippen LogP contribution in [-0.4, -0.2) is 11.4 Å². The lowest BCUT2D eigenvalue weighted by atomic mass is 10.1. The molecule has 0 bridgehead atoms. The average molecular weight is 307 g/mol. The molecule has 2 aromatic rings. The lowest BCUT2D eigenvalue weighted by molar-refractivity contribution is 0.257. The number of halogens is 2. The Morgan fingerprint density at radius 2 is 1.67 bits per heavy atom. The second-order valence-electron chi connectivity index (χ2n) is 5.20. The van der Waals surface area contributed by atoms with Crippen molar-refractivity contribution in [3.05, 3.63) is 64.4 Å². The van der Waals surface area contributed by atoms with Crippen LogP contribution in [0, 0.1) is 5.82 Å². The van der Waals surface area contributed by atoms with Crippen molar-refractivity contribution in [2.75, 3.05) is 12.3 Å². The van der Waals surface area contributed by atoms with Crippen LogP contribution in [0.1, 0.15) is 24.5 Å². The highest BCUT2D eigenvalue weighted by Crippen LogP contribution is 2.18. The van der Waals surface area contributed by atoms with Crippen LogP contribution in [0.5, 0.6) is 0 Å². The van der Waals surface area contributed by atoms with Gasteiger partial charge in [-0.3, -0.25) is 4.90 Å². The summed E-state index contributed by atoms with van der Waals surface area (Å²) in [6.07, 6.45) is 1.05. The van der Waals surface area contributed by atoms with E-state index in [1.807, 2.05) is 30.3 Å². The molecule has 0 amide bonds. The van der Waals surface area contributed by atoms with Gasteiger partial charge in [-0.2, -0.15) is 0 Å². The molecule has 2 aromatic carbocycles. The Bertz CT molecular complexity index is 584. The Morgan fingerprint density at radius 3 is 2.29 bits per heavy atom. The van der Waals surface area contributed by atoms with Gasteiger partial charge in [-0.05, 0) is 48.4 Å². The molecule has 0 saturated heterocycles. The van der Waals surface area contributed by atoms with Crippen LogP contribution in [0.15, 0.2) is 42.5 Å². The van der Waals surface area contributed by atoms with Gasteiger partial charge in [-0.25, -0.2) is 4.39 Å². The molecule has 0 saturated carbocycles. The van der Waals surface area contributed by atoms with Crippen LogP contribution in [0.3, 0.4) is 0 Å². The molecular formula is C17H20ClFN2. The van der Waals surface area contributed by atoms with E-state index in [4.69, 9.17) is 17.3 Å². The SMILES string of the molecule is CCCN(Cc1ccc(N)cc1)Cc1ccc(Cl)c(F)c1. The third-order valence-electron chi connectivity index (χ3n) is 3.32. The number of nitrogen functional groups attached to an aromatic ring is 1. The van der Waals surface area contributed by atoms with E-state index in [0.717, 1.165) is 30.8 Å². The predicted molar refractivity (Wildman–Crippen MR) is 86.7 cm³/mol. The van der Waals surface area contributed by atoms with E-state index >= 15 is 0 Å². The van der Waals surface area contributed by atoms with Gasteiger partial charge in [0.1, 0.15) is 5.82 Å². The van der Waals surface area contributed by atoms with Gasteiger partial charge in [0.2, 0.25) is 0 Å². The molecule has 2 rings (SSSR count). The maximum absolute atomic E-state index is 13.5. The molecule has 112 valence electrons. The van der Waals surface area contributed by atoms with Crippen LogP contribution in [0.2, 0.25) is 5.02 Å². The Morgan fingerprint density at radius 1 is 1.05 bits per heavy atom. The van der Waals surface area contributed by atoms with Crippen molar-refractivity contribution in [2.24, 2.45) is 0 Å². The Kier molecular flexibility index (Phi) is 5.59. The summed E-state index contributed by atoms with van der Waals surface area (Å²) in [4.78, 5) is 2.29. The number of hydrogen-bond acceptors (Lipinski definition) is 2. The van der Waals surface area contributed by atoms with Crippen LogP contribution >= 0.6 is 11.6 Å². The zero-order valence-corrected chi connectivity index (χ0v) is 12.9.